The number of carbonyl (C=O) groups is 1. The Bertz CT molecular complexity index is 1190. The number of carbonyl (C=O) groups excluding carboxylic acids is 1. The van der Waals surface area contributed by atoms with E-state index in [9.17, 15) is 4.79 Å². The van der Waals surface area contributed by atoms with Crippen molar-refractivity contribution in [3.05, 3.63) is 34.5 Å². The number of halogens is 1. The minimum atomic E-state index is 0.0781. The number of aromatic nitrogens is 3. The Morgan fingerprint density at radius 3 is 3.00 bits per heavy atom. The Morgan fingerprint density at radius 2 is 2.23 bits per heavy atom. The molecule has 0 aliphatic carbocycles. The lowest BCUT2D eigenvalue weighted by atomic mass is 10.0. The topological polar surface area (TPSA) is 100 Å². The van der Waals surface area contributed by atoms with Gasteiger partial charge in [0.05, 0.1) is 16.1 Å². The average molecular weight is 441 g/mol. The lowest BCUT2D eigenvalue weighted by Gasteiger charge is -2.18. The summed E-state index contributed by atoms with van der Waals surface area (Å²) in [6.45, 7) is 3.63. The third kappa shape index (κ3) is 3.38. The van der Waals surface area contributed by atoms with E-state index in [-0.39, 0.29) is 11.8 Å². The fourth-order valence-electron chi connectivity index (χ4n) is 3.92. The van der Waals surface area contributed by atoms with Crippen LogP contribution in [0.2, 0.25) is 5.02 Å². The van der Waals surface area contributed by atoms with Gasteiger partial charge >= 0.3 is 0 Å². The maximum Gasteiger partial charge on any atom is 0.196 e. The van der Waals surface area contributed by atoms with Gasteiger partial charge in [0, 0.05) is 47.9 Å². The number of aromatic amines is 1. The molecule has 0 amide bonds. The number of rotatable bonds is 4. The first-order valence-corrected chi connectivity index (χ1v) is 11.2. The van der Waals surface area contributed by atoms with Gasteiger partial charge in [-0.3, -0.25) is 9.79 Å². The lowest BCUT2D eigenvalue weighted by molar-refractivity contribution is 0.100. The number of aryl methyl sites for hydroxylation is 1. The highest BCUT2D eigenvalue weighted by Gasteiger charge is 2.26. The van der Waals surface area contributed by atoms with Gasteiger partial charge in [0.25, 0.3) is 0 Å². The molecular formula is C21H21ClN6OS. The number of fused-ring (bicyclic) bond motifs is 2. The predicted molar refractivity (Wildman–Crippen MR) is 121 cm³/mol. The number of nitrogens with two attached hydrogens (primary N) is 1. The van der Waals surface area contributed by atoms with E-state index in [0.717, 1.165) is 53.4 Å². The maximum absolute atomic E-state index is 12.2. The summed E-state index contributed by atoms with van der Waals surface area (Å²) in [4.78, 5) is 32.5. The number of anilines is 1. The summed E-state index contributed by atoms with van der Waals surface area (Å²) in [5.41, 5.74) is 9.17. The molecule has 1 fully saturated rings. The van der Waals surface area contributed by atoms with Crippen molar-refractivity contribution < 1.29 is 4.79 Å². The van der Waals surface area contributed by atoms with Gasteiger partial charge in [-0.15, -0.1) is 0 Å². The number of ketones is 1. The van der Waals surface area contributed by atoms with Crippen LogP contribution in [0.25, 0.3) is 11.0 Å². The molecule has 0 saturated carbocycles. The first-order chi connectivity index (χ1) is 14.5. The molecule has 2 aromatic heterocycles. The van der Waals surface area contributed by atoms with Gasteiger partial charge in [-0.05, 0) is 42.8 Å². The summed E-state index contributed by atoms with van der Waals surface area (Å²) in [6.07, 6.45) is 3.69. The molecule has 3 aromatic rings. The fraction of sp³-hybridized carbons (Fsp3) is 0.333. The van der Waals surface area contributed by atoms with E-state index in [0.29, 0.717) is 27.9 Å². The molecule has 7 nitrogen and oxygen atoms in total. The van der Waals surface area contributed by atoms with Crippen LogP contribution in [0.1, 0.15) is 35.8 Å². The number of Topliss-reactive ketones (excluding diaryl/α,β-unsaturated/α-hetero) is 1. The van der Waals surface area contributed by atoms with Crippen LogP contribution in [0.5, 0.6) is 0 Å². The van der Waals surface area contributed by atoms with Crippen LogP contribution >= 0.6 is 23.4 Å². The molecule has 4 heterocycles. The largest absolute Gasteiger partial charge is 0.354 e. The molecule has 1 saturated heterocycles. The minimum Gasteiger partial charge on any atom is -0.354 e. The van der Waals surface area contributed by atoms with E-state index in [1.807, 2.05) is 18.2 Å². The van der Waals surface area contributed by atoms with Crippen molar-refractivity contribution in [1.29, 1.82) is 0 Å². The summed E-state index contributed by atoms with van der Waals surface area (Å²) in [6, 6.07) is 5.81. The monoisotopic (exact) mass is 440 g/mol. The van der Waals surface area contributed by atoms with E-state index in [2.05, 4.69) is 21.8 Å². The molecule has 0 bridgehead atoms. The van der Waals surface area contributed by atoms with E-state index in [4.69, 9.17) is 27.3 Å². The number of nitrogens with one attached hydrogen (secondary N) is 1. The number of aliphatic imine (C=N–C) groups is 1. The van der Waals surface area contributed by atoms with Crippen molar-refractivity contribution in [3.8, 4) is 0 Å². The van der Waals surface area contributed by atoms with Crippen molar-refractivity contribution in [2.45, 2.75) is 42.3 Å². The van der Waals surface area contributed by atoms with E-state index in [1.165, 1.54) is 11.8 Å². The molecule has 0 unspecified atom stereocenters. The molecule has 154 valence electrons. The van der Waals surface area contributed by atoms with Crippen LogP contribution in [0.3, 0.4) is 0 Å². The van der Waals surface area contributed by atoms with Gasteiger partial charge < -0.3 is 15.6 Å². The van der Waals surface area contributed by atoms with Crippen LogP contribution < -0.4 is 10.6 Å². The Kier molecular flexibility index (Phi) is 5.00. The zero-order valence-corrected chi connectivity index (χ0v) is 18.1. The second kappa shape index (κ2) is 7.68. The van der Waals surface area contributed by atoms with Gasteiger partial charge in [0.2, 0.25) is 0 Å². The first kappa shape index (κ1) is 19.5. The molecule has 30 heavy (non-hydrogen) atoms. The molecule has 0 spiro atoms. The summed E-state index contributed by atoms with van der Waals surface area (Å²) in [5, 5.41) is 2.13. The number of hydrogen-bond acceptors (Lipinski definition) is 7. The minimum absolute atomic E-state index is 0.0781. The highest BCUT2D eigenvalue weighted by Crippen LogP contribution is 2.38. The summed E-state index contributed by atoms with van der Waals surface area (Å²) >= 11 is 8.08. The third-order valence-electron chi connectivity index (χ3n) is 5.49. The quantitative estimate of drug-likeness (QED) is 0.591. The van der Waals surface area contributed by atoms with Gasteiger partial charge in [-0.1, -0.05) is 18.5 Å². The molecule has 3 N–H and O–H groups in total. The second-order valence-corrected chi connectivity index (χ2v) is 8.96. The van der Waals surface area contributed by atoms with Crippen LogP contribution in [0.4, 0.5) is 11.5 Å². The van der Waals surface area contributed by atoms with E-state index in [1.54, 1.807) is 6.21 Å². The molecule has 1 atom stereocenters. The van der Waals surface area contributed by atoms with Gasteiger partial charge in [-0.25, -0.2) is 9.97 Å². The number of H-pyrrole nitrogens is 1. The van der Waals surface area contributed by atoms with Crippen molar-refractivity contribution >= 4 is 57.9 Å². The average Bonchev–Trinajstić information content (AvgIpc) is 3.31. The lowest BCUT2D eigenvalue weighted by Crippen LogP contribution is -2.27. The zero-order chi connectivity index (χ0) is 20.8. The first-order valence-electron chi connectivity index (χ1n) is 9.99. The zero-order valence-electron chi connectivity index (χ0n) is 16.5. The van der Waals surface area contributed by atoms with Crippen LogP contribution in [0.15, 0.2) is 33.2 Å². The molecule has 0 radical (unpaired) electrons. The molecular weight excluding hydrogens is 420 g/mol. The van der Waals surface area contributed by atoms with Crippen molar-refractivity contribution in [1.82, 2.24) is 15.0 Å². The number of nitrogens with zero attached hydrogens (tertiary/aromatic N) is 4. The van der Waals surface area contributed by atoms with Gasteiger partial charge in [0.15, 0.2) is 10.9 Å². The SMILES string of the molecule is CCc1[nH]c2nc(Sc3ccc4c(c3)C(=O)CC=N4)nc(N3CC[C@@H](N)C3)c2c1Cl. The van der Waals surface area contributed by atoms with Gasteiger partial charge in [0.1, 0.15) is 11.5 Å². The number of benzene rings is 1. The van der Waals surface area contributed by atoms with Crippen LogP contribution in [0, 0.1) is 0 Å². The summed E-state index contributed by atoms with van der Waals surface area (Å²) in [7, 11) is 0. The van der Waals surface area contributed by atoms with Gasteiger partial charge in [-0.2, -0.15) is 0 Å². The third-order valence-corrected chi connectivity index (χ3v) is 6.76. The van der Waals surface area contributed by atoms with Crippen LogP contribution in [-0.2, 0) is 6.42 Å². The highest BCUT2D eigenvalue weighted by molar-refractivity contribution is 7.99. The molecule has 2 aliphatic rings. The Labute approximate surface area is 183 Å². The Balaban J connectivity index is 1.57. The smallest absolute Gasteiger partial charge is 0.196 e. The van der Waals surface area contributed by atoms with Crippen molar-refractivity contribution in [2.75, 3.05) is 18.0 Å². The molecule has 5 rings (SSSR count). The molecule has 1 aromatic carbocycles. The standard InChI is InChI=1S/C21H21ClN6OS/c1-2-14-18(22)17-19(25-14)26-21(27-20(17)28-8-6-11(23)10-28)30-12-3-4-15-13(9-12)16(29)5-7-24-15/h3-4,7,9,11H,2,5-6,8,10,23H2,1H3,(H,25,26,27)/t11-/m1/s1. The summed E-state index contributed by atoms with van der Waals surface area (Å²) in [5.74, 6) is 0.893. The van der Waals surface area contributed by atoms with E-state index < -0.39 is 0 Å². The van der Waals surface area contributed by atoms with Crippen molar-refractivity contribution in [3.63, 3.8) is 0 Å². The van der Waals surface area contributed by atoms with Crippen LogP contribution in [-0.4, -0.2) is 46.1 Å². The van der Waals surface area contributed by atoms with Crippen molar-refractivity contribution in [2.24, 2.45) is 10.7 Å². The second-order valence-electron chi connectivity index (χ2n) is 7.54. The molecule has 9 heteroatoms. The normalized spacial score (nSPS) is 18.4. The Morgan fingerprint density at radius 1 is 1.37 bits per heavy atom. The predicted octanol–water partition coefficient (Wildman–Crippen LogP) is 4.15. The Hall–Kier alpha value is -2.42. The molecule has 2 aliphatic heterocycles. The summed E-state index contributed by atoms with van der Waals surface area (Å²) < 4.78 is 0. The number of hydrogen-bond donors (Lipinski definition) is 2. The van der Waals surface area contributed by atoms with E-state index >= 15 is 0 Å². The fourth-order valence-corrected chi connectivity index (χ4v) is 5.07. The highest BCUT2D eigenvalue weighted by atomic mass is 35.5. The maximum atomic E-state index is 12.2.